The Morgan fingerprint density at radius 1 is 0.800 bits per heavy atom. The predicted octanol–water partition coefficient (Wildman–Crippen LogP) is 6.82. The Bertz CT molecular complexity index is 1760. The maximum atomic E-state index is 14.4. The summed E-state index contributed by atoms with van der Waals surface area (Å²) in [6.07, 6.45) is 2.77. The van der Waals surface area contributed by atoms with Gasteiger partial charge in [0.25, 0.3) is 0 Å². The number of fused-ring (bicyclic) bond motifs is 4. The molecule has 0 unspecified atom stereocenters. The van der Waals surface area contributed by atoms with Crippen LogP contribution in [-0.4, -0.2) is 55.6 Å². The van der Waals surface area contributed by atoms with E-state index in [4.69, 9.17) is 9.72 Å². The zero-order valence-corrected chi connectivity index (χ0v) is 25.9. The topological polar surface area (TPSA) is 57.7 Å². The molecular weight excluding hydrogens is 556 g/mol. The van der Waals surface area contributed by atoms with Crippen molar-refractivity contribution >= 4 is 22.6 Å². The first kappa shape index (κ1) is 29.1. The van der Waals surface area contributed by atoms with Crippen molar-refractivity contribution in [3.63, 3.8) is 0 Å². The summed E-state index contributed by atoms with van der Waals surface area (Å²) < 4.78 is 5.41. The molecule has 1 aliphatic heterocycles. The zero-order valence-electron chi connectivity index (χ0n) is 25.9. The van der Waals surface area contributed by atoms with Crippen LogP contribution in [0.3, 0.4) is 0 Å². The number of benzene rings is 4. The lowest BCUT2D eigenvalue weighted by Gasteiger charge is -2.36. The molecule has 5 aromatic rings. The van der Waals surface area contributed by atoms with Crippen LogP contribution in [0.15, 0.2) is 109 Å². The van der Waals surface area contributed by atoms with Gasteiger partial charge in [0.05, 0.1) is 12.6 Å². The number of ether oxygens (including phenoxy) is 1. The van der Waals surface area contributed by atoms with Crippen LogP contribution in [-0.2, 0) is 16.8 Å². The Labute approximate surface area is 265 Å². The summed E-state index contributed by atoms with van der Waals surface area (Å²) in [6.45, 7) is 5.48. The van der Waals surface area contributed by atoms with Crippen molar-refractivity contribution in [1.82, 2.24) is 15.2 Å². The molecule has 1 aliphatic carbocycles. The van der Waals surface area contributed by atoms with Crippen LogP contribution in [0.1, 0.15) is 36.0 Å². The minimum Gasteiger partial charge on any atom is -0.497 e. The van der Waals surface area contributed by atoms with Crippen molar-refractivity contribution in [2.75, 3.05) is 44.7 Å². The number of piperazine rings is 1. The fraction of sp³-hybridized carbons (Fsp3) is 0.282. The first-order valence-electron chi connectivity index (χ1n) is 16.1. The standard InChI is InChI=1S/C39H40N4O2/c1-45-31-13-10-11-29(27-31)28-40-38(44)39(34-16-5-3-14-32(34)33-15-4-6-17-35(33)39)21-8-9-22-42-23-25-43(26-24-42)37-20-19-30-12-2-7-18-36(30)41-37/h2-7,10-20,27H,8-9,21-26,28H2,1H3,(H,40,44). The summed E-state index contributed by atoms with van der Waals surface area (Å²) in [6, 6.07) is 37.5. The molecule has 1 aromatic heterocycles. The zero-order chi connectivity index (χ0) is 30.6. The maximum Gasteiger partial charge on any atom is 0.235 e. The number of aromatic nitrogens is 1. The second-order valence-electron chi connectivity index (χ2n) is 12.2. The number of amides is 1. The maximum absolute atomic E-state index is 14.4. The van der Waals surface area contributed by atoms with Crippen molar-refractivity contribution in [3.05, 3.63) is 126 Å². The summed E-state index contributed by atoms with van der Waals surface area (Å²) in [7, 11) is 1.67. The lowest BCUT2D eigenvalue weighted by atomic mass is 9.73. The first-order valence-corrected chi connectivity index (χ1v) is 16.1. The summed E-state index contributed by atoms with van der Waals surface area (Å²) in [5, 5.41) is 4.50. The Morgan fingerprint density at radius 3 is 2.27 bits per heavy atom. The normalized spacial score (nSPS) is 15.4. The van der Waals surface area contributed by atoms with Crippen LogP contribution in [0.25, 0.3) is 22.0 Å². The van der Waals surface area contributed by atoms with Gasteiger partial charge in [0.1, 0.15) is 17.0 Å². The van der Waals surface area contributed by atoms with E-state index in [-0.39, 0.29) is 5.91 Å². The van der Waals surface area contributed by atoms with Gasteiger partial charge in [0.2, 0.25) is 5.91 Å². The summed E-state index contributed by atoms with van der Waals surface area (Å²) in [5.41, 5.74) is 5.93. The van der Waals surface area contributed by atoms with Crippen LogP contribution in [0.2, 0.25) is 0 Å². The molecule has 1 amide bonds. The third-order valence-electron chi connectivity index (χ3n) is 9.59. The van der Waals surface area contributed by atoms with Gasteiger partial charge in [0.15, 0.2) is 0 Å². The SMILES string of the molecule is COc1cccc(CNC(=O)C2(CCCCN3CCN(c4ccc5ccccc5n4)CC3)c3ccccc3-c3ccccc32)c1. The van der Waals surface area contributed by atoms with Crippen LogP contribution in [0, 0.1) is 0 Å². The monoisotopic (exact) mass is 596 g/mol. The third-order valence-corrected chi connectivity index (χ3v) is 9.59. The number of carbonyl (C=O) groups excluding carboxylic acids is 1. The van der Waals surface area contributed by atoms with Crippen molar-refractivity contribution in [2.45, 2.75) is 31.2 Å². The van der Waals surface area contributed by atoms with E-state index in [0.717, 1.165) is 85.8 Å². The number of pyridine rings is 1. The van der Waals surface area contributed by atoms with Gasteiger partial charge < -0.3 is 15.0 Å². The highest BCUT2D eigenvalue weighted by Crippen LogP contribution is 2.51. The Balaban J connectivity index is 1.03. The molecule has 7 rings (SSSR count). The van der Waals surface area contributed by atoms with Crippen molar-refractivity contribution in [1.29, 1.82) is 0 Å². The van der Waals surface area contributed by atoms with Crippen LogP contribution in [0.5, 0.6) is 5.75 Å². The lowest BCUT2D eigenvalue weighted by molar-refractivity contribution is -0.125. The molecular formula is C39H40N4O2. The average Bonchev–Trinajstić information content (AvgIpc) is 3.39. The number of methoxy groups -OCH3 is 1. The van der Waals surface area contributed by atoms with Crippen molar-refractivity contribution < 1.29 is 9.53 Å². The van der Waals surface area contributed by atoms with Crippen LogP contribution >= 0.6 is 0 Å². The summed E-state index contributed by atoms with van der Waals surface area (Å²) >= 11 is 0. The van der Waals surface area contributed by atoms with Gasteiger partial charge in [-0.05, 0) is 77.5 Å². The van der Waals surface area contributed by atoms with Crippen molar-refractivity contribution in [3.8, 4) is 16.9 Å². The first-order chi connectivity index (χ1) is 22.2. The molecule has 1 fully saturated rings. The number of hydrogen-bond donors (Lipinski definition) is 1. The molecule has 4 aromatic carbocycles. The molecule has 2 aliphatic rings. The number of carbonyl (C=O) groups is 1. The van der Waals surface area contributed by atoms with Crippen molar-refractivity contribution in [2.24, 2.45) is 0 Å². The van der Waals surface area contributed by atoms with Gasteiger partial charge in [-0.15, -0.1) is 0 Å². The fourth-order valence-corrected chi connectivity index (χ4v) is 7.23. The van der Waals surface area contributed by atoms with E-state index in [1.165, 1.54) is 16.5 Å². The number of nitrogens with one attached hydrogen (secondary N) is 1. The summed E-state index contributed by atoms with van der Waals surface area (Å²) in [4.78, 5) is 24.3. The van der Waals surface area contributed by atoms with Gasteiger partial charge >= 0.3 is 0 Å². The lowest BCUT2D eigenvalue weighted by Crippen LogP contribution is -2.47. The Hall–Kier alpha value is -4.68. The molecule has 0 radical (unpaired) electrons. The minimum absolute atomic E-state index is 0.0687. The number of nitrogens with zero attached hydrogens (tertiary/aromatic N) is 3. The van der Waals surface area contributed by atoms with Crippen LogP contribution < -0.4 is 15.0 Å². The molecule has 0 atom stereocenters. The smallest absolute Gasteiger partial charge is 0.235 e. The largest absolute Gasteiger partial charge is 0.497 e. The minimum atomic E-state index is -0.716. The Morgan fingerprint density at radius 2 is 1.51 bits per heavy atom. The van der Waals surface area contributed by atoms with E-state index >= 15 is 0 Å². The predicted molar refractivity (Wildman–Crippen MR) is 182 cm³/mol. The number of hydrogen-bond acceptors (Lipinski definition) is 5. The molecule has 2 heterocycles. The molecule has 45 heavy (non-hydrogen) atoms. The van der Waals surface area contributed by atoms with E-state index in [0.29, 0.717) is 6.54 Å². The van der Waals surface area contributed by atoms with Gasteiger partial charge in [-0.25, -0.2) is 4.98 Å². The molecule has 1 N–H and O–H groups in total. The van der Waals surface area contributed by atoms with Gasteiger partial charge in [0, 0.05) is 38.1 Å². The van der Waals surface area contributed by atoms with E-state index in [1.807, 2.05) is 30.3 Å². The molecule has 0 saturated carbocycles. The second-order valence-corrected chi connectivity index (χ2v) is 12.2. The van der Waals surface area contributed by atoms with Gasteiger partial charge in [-0.1, -0.05) is 85.3 Å². The molecule has 0 spiro atoms. The molecule has 228 valence electrons. The van der Waals surface area contributed by atoms with E-state index in [1.54, 1.807) is 7.11 Å². The van der Waals surface area contributed by atoms with Crippen LogP contribution in [0.4, 0.5) is 5.82 Å². The number of unbranched alkanes of at least 4 members (excludes halogenated alkanes) is 1. The average molecular weight is 597 g/mol. The number of anilines is 1. The van der Waals surface area contributed by atoms with E-state index < -0.39 is 5.41 Å². The highest BCUT2D eigenvalue weighted by Gasteiger charge is 2.48. The molecule has 6 nitrogen and oxygen atoms in total. The molecule has 0 bridgehead atoms. The molecule has 1 saturated heterocycles. The van der Waals surface area contributed by atoms with Gasteiger partial charge in [-0.3, -0.25) is 9.69 Å². The third kappa shape index (κ3) is 5.67. The van der Waals surface area contributed by atoms with E-state index in [9.17, 15) is 4.79 Å². The highest BCUT2D eigenvalue weighted by atomic mass is 16.5. The quantitative estimate of drug-likeness (QED) is 0.179. The Kier molecular flexibility index (Phi) is 8.23. The molecule has 6 heteroatoms. The van der Waals surface area contributed by atoms with Gasteiger partial charge in [-0.2, -0.15) is 0 Å². The number of para-hydroxylation sites is 1. The second kappa shape index (κ2) is 12.7. The summed E-state index contributed by atoms with van der Waals surface area (Å²) in [5.74, 6) is 1.93. The van der Waals surface area contributed by atoms with E-state index in [2.05, 4.69) is 94.0 Å². The fourth-order valence-electron chi connectivity index (χ4n) is 7.23. The number of rotatable bonds is 10. The highest BCUT2D eigenvalue weighted by molar-refractivity contribution is 6.00.